The SMILES string of the molecule is CC(=O)c1ccc(S(=O)(=O)NCC(=O)OCC(=O)N2CCCC2c2cccs2)cc1. The number of rotatable bonds is 8. The van der Waals surface area contributed by atoms with Gasteiger partial charge in [0.2, 0.25) is 10.0 Å². The third kappa shape index (κ3) is 5.32. The lowest BCUT2D eigenvalue weighted by Gasteiger charge is -2.23. The third-order valence-electron chi connectivity index (χ3n) is 4.78. The highest BCUT2D eigenvalue weighted by Crippen LogP contribution is 2.34. The number of carbonyl (C=O) groups excluding carboxylic acids is 3. The van der Waals surface area contributed by atoms with E-state index >= 15 is 0 Å². The van der Waals surface area contributed by atoms with Crippen LogP contribution in [0.2, 0.25) is 0 Å². The van der Waals surface area contributed by atoms with Gasteiger partial charge in [0, 0.05) is 17.0 Å². The fraction of sp³-hybridized carbons (Fsp3) is 0.350. The van der Waals surface area contributed by atoms with Gasteiger partial charge < -0.3 is 9.64 Å². The van der Waals surface area contributed by atoms with Crippen molar-refractivity contribution in [2.75, 3.05) is 19.7 Å². The van der Waals surface area contributed by atoms with Gasteiger partial charge in [-0.15, -0.1) is 11.3 Å². The number of esters is 1. The van der Waals surface area contributed by atoms with Gasteiger partial charge in [-0.1, -0.05) is 18.2 Å². The Kier molecular flexibility index (Phi) is 7.01. The van der Waals surface area contributed by atoms with Crippen LogP contribution in [0.25, 0.3) is 0 Å². The van der Waals surface area contributed by atoms with E-state index in [2.05, 4.69) is 4.72 Å². The summed E-state index contributed by atoms with van der Waals surface area (Å²) in [5, 5.41) is 1.95. The molecule has 1 saturated heterocycles. The molecule has 1 atom stereocenters. The summed E-state index contributed by atoms with van der Waals surface area (Å²) in [7, 11) is -3.95. The molecule has 2 heterocycles. The number of benzene rings is 1. The molecule has 1 aliphatic rings. The lowest BCUT2D eigenvalue weighted by molar-refractivity contribution is -0.151. The molecule has 3 rings (SSSR count). The fourth-order valence-electron chi connectivity index (χ4n) is 3.22. The monoisotopic (exact) mass is 450 g/mol. The van der Waals surface area contributed by atoms with Crippen LogP contribution in [-0.2, 0) is 24.3 Å². The number of nitrogens with one attached hydrogen (secondary N) is 1. The first-order valence-corrected chi connectivity index (χ1v) is 11.7. The van der Waals surface area contributed by atoms with E-state index in [4.69, 9.17) is 4.74 Å². The summed E-state index contributed by atoms with van der Waals surface area (Å²) in [5.41, 5.74) is 0.384. The summed E-state index contributed by atoms with van der Waals surface area (Å²) in [4.78, 5) is 38.4. The van der Waals surface area contributed by atoms with Crippen LogP contribution in [0.15, 0.2) is 46.7 Å². The van der Waals surface area contributed by atoms with Crippen LogP contribution in [-0.4, -0.2) is 50.7 Å². The number of ether oxygens (including phenoxy) is 1. The lowest BCUT2D eigenvalue weighted by Crippen LogP contribution is -2.36. The van der Waals surface area contributed by atoms with Crippen molar-refractivity contribution in [2.45, 2.75) is 30.7 Å². The van der Waals surface area contributed by atoms with E-state index in [9.17, 15) is 22.8 Å². The van der Waals surface area contributed by atoms with Crippen molar-refractivity contribution in [1.82, 2.24) is 9.62 Å². The van der Waals surface area contributed by atoms with Gasteiger partial charge in [0.25, 0.3) is 5.91 Å². The molecule has 0 bridgehead atoms. The molecule has 1 amide bonds. The molecule has 1 N–H and O–H groups in total. The molecule has 10 heteroatoms. The molecule has 1 unspecified atom stereocenters. The Hall–Kier alpha value is -2.56. The predicted octanol–water partition coefficient (Wildman–Crippen LogP) is 2.14. The number of sulfonamides is 1. The molecule has 1 aromatic heterocycles. The van der Waals surface area contributed by atoms with Gasteiger partial charge >= 0.3 is 5.97 Å². The Bertz CT molecular complexity index is 1020. The molecule has 0 spiro atoms. The quantitative estimate of drug-likeness (QED) is 0.487. The topological polar surface area (TPSA) is 110 Å². The Morgan fingerprint density at radius 1 is 1.20 bits per heavy atom. The first-order chi connectivity index (χ1) is 14.3. The number of hydrogen-bond acceptors (Lipinski definition) is 7. The minimum atomic E-state index is -3.95. The zero-order chi connectivity index (χ0) is 21.7. The van der Waals surface area contributed by atoms with E-state index in [1.54, 1.807) is 16.2 Å². The zero-order valence-corrected chi connectivity index (χ0v) is 18.0. The maximum absolute atomic E-state index is 12.5. The third-order valence-corrected chi connectivity index (χ3v) is 7.17. The summed E-state index contributed by atoms with van der Waals surface area (Å²) in [6.45, 7) is 0.944. The molecular formula is C20H22N2O6S2. The molecule has 1 aromatic carbocycles. The number of likely N-dealkylation sites (tertiary alicyclic amines) is 1. The molecule has 1 fully saturated rings. The van der Waals surface area contributed by atoms with Gasteiger partial charge in [-0.2, -0.15) is 4.72 Å². The van der Waals surface area contributed by atoms with Crippen molar-refractivity contribution in [2.24, 2.45) is 0 Å². The maximum Gasteiger partial charge on any atom is 0.321 e. The summed E-state index contributed by atoms with van der Waals surface area (Å²) >= 11 is 1.58. The van der Waals surface area contributed by atoms with Crippen molar-refractivity contribution in [3.63, 3.8) is 0 Å². The van der Waals surface area contributed by atoms with E-state index in [0.29, 0.717) is 12.1 Å². The largest absolute Gasteiger partial charge is 0.455 e. The highest BCUT2D eigenvalue weighted by atomic mass is 32.2. The van der Waals surface area contributed by atoms with Crippen molar-refractivity contribution in [1.29, 1.82) is 0 Å². The average molecular weight is 451 g/mol. The molecule has 2 aromatic rings. The van der Waals surface area contributed by atoms with Crippen LogP contribution in [0, 0.1) is 0 Å². The van der Waals surface area contributed by atoms with Gasteiger partial charge in [-0.05, 0) is 43.3 Å². The maximum atomic E-state index is 12.5. The minimum Gasteiger partial charge on any atom is -0.455 e. The van der Waals surface area contributed by atoms with E-state index in [1.165, 1.54) is 31.2 Å². The van der Waals surface area contributed by atoms with Gasteiger partial charge in [0.1, 0.15) is 6.54 Å². The molecule has 0 aliphatic carbocycles. The number of hydrogen-bond donors (Lipinski definition) is 1. The Balaban J connectivity index is 1.49. The van der Waals surface area contributed by atoms with E-state index < -0.39 is 29.1 Å². The number of thiophene rings is 1. The zero-order valence-electron chi connectivity index (χ0n) is 16.4. The van der Waals surface area contributed by atoms with Crippen molar-refractivity contribution in [3.8, 4) is 0 Å². The summed E-state index contributed by atoms with van der Waals surface area (Å²) in [5.74, 6) is -1.33. The minimum absolute atomic E-state index is 0.00678. The van der Waals surface area contributed by atoms with Crippen molar-refractivity contribution < 1.29 is 27.5 Å². The summed E-state index contributed by atoms with van der Waals surface area (Å²) in [6.07, 6.45) is 1.74. The number of ketones is 1. The summed E-state index contributed by atoms with van der Waals surface area (Å²) < 4.78 is 31.6. The second-order valence-corrected chi connectivity index (χ2v) is 9.57. The first-order valence-electron chi connectivity index (χ1n) is 9.37. The van der Waals surface area contributed by atoms with Crippen LogP contribution in [0.1, 0.15) is 41.0 Å². The van der Waals surface area contributed by atoms with Crippen LogP contribution in [0.5, 0.6) is 0 Å². The summed E-state index contributed by atoms with van der Waals surface area (Å²) in [6, 6.07) is 9.26. The fourth-order valence-corrected chi connectivity index (χ4v) is 5.07. The van der Waals surface area contributed by atoms with Crippen molar-refractivity contribution in [3.05, 3.63) is 52.2 Å². The van der Waals surface area contributed by atoms with Gasteiger partial charge in [0.05, 0.1) is 10.9 Å². The Morgan fingerprint density at radius 3 is 2.57 bits per heavy atom. The van der Waals surface area contributed by atoms with E-state index in [-0.39, 0.29) is 22.6 Å². The second kappa shape index (κ2) is 9.50. The van der Waals surface area contributed by atoms with Crippen LogP contribution < -0.4 is 4.72 Å². The highest BCUT2D eigenvalue weighted by molar-refractivity contribution is 7.89. The number of amides is 1. The number of Topliss-reactive ketones (excluding diaryl/α,β-unsaturated/α-hetero) is 1. The predicted molar refractivity (Wildman–Crippen MR) is 111 cm³/mol. The number of nitrogens with zero attached hydrogens (tertiary/aromatic N) is 1. The van der Waals surface area contributed by atoms with E-state index in [1.807, 2.05) is 17.5 Å². The molecule has 160 valence electrons. The molecule has 1 aliphatic heterocycles. The molecule has 0 saturated carbocycles. The van der Waals surface area contributed by atoms with Gasteiger partial charge in [-0.3, -0.25) is 14.4 Å². The molecular weight excluding hydrogens is 428 g/mol. The Labute approximate surface area is 178 Å². The molecule has 0 radical (unpaired) electrons. The van der Waals surface area contributed by atoms with Crippen LogP contribution >= 0.6 is 11.3 Å². The second-order valence-electron chi connectivity index (χ2n) is 6.83. The highest BCUT2D eigenvalue weighted by Gasteiger charge is 2.31. The molecule has 30 heavy (non-hydrogen) atoms. The van der Waals surface area contributed by atoms with Gasteiger partial charge in [-0.25, -0.2) is 8.42 Å². The normalized spacial score (nSPS) is 16.4. The van der Waals surface area contributed by atoms with E-state index in [0.717, 1.165) is 17.7 Å². The smallest absolute Gasteiger partial charge is 0.321 e. The lowest BCUT2D eigenvalue weighted by atomic mass is 10.2. The van der Waals surface area contributed by atoms with Crippen LogP contribution in [0.3, 0.4) is 0 Å². The van der Waals surface area contributed by atoms with Gasteiger partial charge in [0.15, 0.2) is 12.4 Å². The first kappa shape index (κ1) is 22.1. The van der Waals surface area contributed by atoms with Crippen molar-refractivity contribution >= 4 is 39.0 Å². The average Bonchev–Trinajstić information content (AvgIpc) is 3.42. The molecule has 8 nitrogen and oxygen atoms in total. The van der Waals surface area contributed by atoms with Crippen LogP contribution in [0.4, 0.5) is 0 Å². The standard InChI is InChI=1S/C20H22N2O6S2/c1-14(23)15-6-8-16(9-7-15)30(26,27)21-12-20(25)28-13-19(24)22-10-2-4-17(22)18-5-3-11-29-18/h3,5-9,11,17,21H,2,4,10,12-13H2,1H3. The Morgan fingerprint density at radius 2 is 1.93 bits per heavy atom. The number of carbonyl (C=O) groups is 3.